The van der Waals surface area contributed by atoms with Gasteiger partial charge in [0.05, 0.1) is 16.7 Å². The zero-order chi connectivity index (χ0) is 15.3. The van der Waals surface area contributed by atoms with Crippen LogP contribution >= 0.6 is 0 Å². The van der Waals surface area contributed by atoms with Crippen molar-refractivity contribution in [2.45, 2.75) is 38.9 Å². The summed E-state index contributed by atoms with van der Waals surface area (Å²) in [5, 5.41) is 0.930. The first-order chi connectivity index (χ1) is 9.84. The molecule has 5 heteroatoms. The largest absolute Gasteiger partial charge is 0.495 e. The van der Waals surface area contributed by atoms with E-state index in [9.17, 15) is 4.79 Å². The third-order valence-corrected chi connectivity index (χ3v) is 4.44. The predicted octanol–water partition coefficient (Wildman–Crippen LogP) is 2.35. The summed E-state index contributed by atoms with van der Waals surface area (Å²) in [6.45, 7) is 7.97. The highest BCUT2D eigenvalue weighted by Gasteiger charge is 2.52. The average molecular weight is 283 g/mol. The van der Waals surface area contributed by atoms with E-state index in [4.69, 9.17) is 9.31 Å². The van der Waals surface area contributed by atoms with Crippen LogP contribution in [-0.2, 0) is 9.31 Å². The van der Waals surface area contributed by atoms with Crippen LogP contribution in [0.15, 0.2) is 30.5 Å². The predicted molar refractivity (Wildman–Crippen MR) is 82.8 cm³/mol. The summed E-state index contributed by atoms with van der Waals surface area (Å²) in [4.78, 5) is 15.8. The first-order valence-corrected chi connectivity index (χ1v) is 7.03. The molecule has 1 aromatic carbocycles. The van der Waals surface area contributed by atoms with Crippen LogP contribution in [0.5, 0.6) is 0 Å². The second-order valence-corrected chi connectivity index (χ2v) is 6.38. The van der Waals surface area contributed by atoms with Gasteiger partial charge in [-0.25, -0.2) is 0 Å². The highest BCUT2D eigenvalue weighted by atomic mass is 16.7. The summed E-state index contributed by atoms with van der Waals surface area (Å²) in [5.74, 6) is 0. The number of hydrogen-bond acceptors (Lipinski definition) is 4. The van der Waals surface area contributed by atoms with E-state index in [-0.39, 0.29) is 0 Å². The maximum Gasteiger partial charge on any atom is 0.495 e. The summed E-state index contributed by atoms with van der Waals surface area (Å²) in [5.41, 5.74) is 1.27. The molecule has 0 unspecified atom stereocenters. The standard InChI is InChI=1S/C16H18BNO3/c1-15(2)16(3,4)21-17(20-15)13-9-14-11(6-5-7-18-14)8-12(13)10-19/h5-10H,1-4H3. The Bertz CT molecular complexity index is 696. The Morgan fingerprint density at radius 1 is 1.14 bits per heavy atom. The first kappa shape index (κ1) is 14.2. The molecule has 1 aliphatic rings. The highest BCUT2D eigenvalue weighted by molar-refractivity contribution is 6.63. The number of benzene rings is 1. The van der Waals surface area contributed by atoms with Gasteiger partial charge in [-0.1, -0.05) is 6.07 Å². The van der Waals surface area contributed by atoms with Gasteiger partial charge in [0.1, 0.15) is 6.29 Å². The van der Waals surface area contributed by atoms with E-state index < -0.39 is 18.3 Å². The number of aldehydes is 1. The molecule has 108 valence electrons. The molecule has 0 aliphatic carbocycles. The van der Waals surface area contributed by atoms with Crippen LogP contribution in [0, 0.1) is 0 Å². The van der Waals surface area contributed by atoms with E-state index in [1.165, 1.54) is 0 Å². The van der Waals surface area contributed by atoms with Crippen LogP contribution in [0.25, 0.3) is 10.9 Å². The second kappa shape index (κ2) is 4.65. The molecule has 0 bridgehead atoms. The lowest BCUT2D eigenvalue weighted by atomic mass is 9.75. The fraction of sp³-hybridized carbons (Fsp3) is 0.375. The van der Waals surface area contributed by atoms with Crippen molar-refractivity contribution < 1.29 is 14.1 Å². The smallest absolute Gasteiger partial charge is 0.399 e. The highest BCUT2D eigenvalue weighted by Crippen LogP contribution is 2.36. The minimum atomic E-state index is -0.554. The number of nitrogens with zero attached hydrogens (tertiary/aromatic N) is 1. The molecule has 0 N–H and O–H groups in total. The molecule has 1 saturated heterocycles. The summed E-state index contributed by atoms with van der Waals surface area (Å²) in [6.07, 6.45) is 2.57. The lowest BCUT2D eigenvalue weighted by Gasteiger charge is -2.32. The van der Waals surface area contributed by atoms with Crippen molar-refractivity contribution in [2.75, 3.05) is 0 Å². The molecule has 3 rings (SSSR count). The molecule has 21 heavy (non-hydrogen) atoms. The van der Waals surface area contributed by atoms with E-state index in [2.05, 4.69) is 4.98 Å². The Balaban J connectivity index is 2.10. The van der Waals surface area contributed by atoms with Gasteiger partial charge in [-0.3, -0.25) is 9.78 Å². The monoisotopic (exact) mass is 283 g/mol. The SMILES string of the molecule is CC1(C)OB(c2cc3ncccc3cc2C=O)OC1(C)C. The third kappa shape index (κ3) is 2.26. The number of fused-ring (bicyclic) bond motifs is 1. The molecule has 1 aromatic heterocycles. The normalized spacial score (nSPS) is 19.9. The molecule has 1 fully saturated rings. The Labute approximate surface area is 124 Å². The van der Waals surface area contributed by atoms with Crippen molar-refractivity contribution in [1.29, 1.82) is 0 Å². The van der Waals surface area contributed by atoms with Gasteiger partial charge in [0.25, 0.3) is 0 Å². The van der Waals surface area contributed by atoms with Gasteiger partial charge in [-0.05, 0) is 51.4 Å². The Morgan fingerprint density at radius 3 is 2.43 bits per heavy atom. The molecule has 0 amide bonds. The van der Waals surface area contributed by atoms with Gasteiger partial charge in [0, 0.05) is 17.1 Å². The van der Waals surface area contributed by atoms with Crippen molar-refractivity contribution in [1.82, 2.24) is 4.98 Å². The molecular weight excluding hydrogens is 265 g/mol. The van der Waals surface area contributed by atoms with Crippen molar-refractivity contribution in [2.24, 2.45) is 0 Å². The zero-order valence-electron chi connectivity index (χ0n) is 12.7. The van der Waals surface area contributed by atoms with Gasteiger partial charge in [-0.15, -0.1) is 0 Å². The van der Waals surface area contributed by atoms with E-state index in [1.54, 1.807) is 6.20 Å². The number of aromatic nitrogens is 1. The fourth-order valence-electron chi connectivity index (χ4n) is 2.43. The molecule has 2 aromatic rings. The lowest BCUT2D eigenvalue weighted by Crippen LogP contribution is -2.41. The maximum absolute atomic E-state index is 11.4. The van der Waals surface area contributed by atoms with Crippen LogP contribution in [0.3, 0.4) is 0 Å². The molecule has 0 spiro atoms. The summed E-state index contributed by atoms with van der Waals surface area (Å²) < 4.78 is 12.1. The van der Waals surface area contributed by atoms with Crippen molar-refractivity contribution in [3.05, 3.63) is 36.0 Å². The van der Waals surface area contributed by atoms with Gasteiger partial charge < -0.3 is 9.31 Å². The molecule has 1 aliphatic heterocycles. The lowest BCUT2D eigenvalue weighted by molar-refractivity contribution is 0.00578. The molecule has 0 saturated carbocycles. The topological polar surface area (TPSA) is 48.4 Å². The fourth-order valence-corrected chi connectivity index (χ4v) is 2.43. The zero-order valence-corrected chi connectivity index (χ0v) is 12.7. The van der Waals surface area contributed by atoms with Crippen molar-refractivity contribution in [3.8, 4) is 0 Å². The summed E-state index contributed by atoms with van der Waals surface area (Å²) in [6, 6.07) is 7.49. The molecule has 0 atom stereocenters. The number of rotatable bonds is 2. The quantitative estimate of drug-likeness (QED) is 0.627. The number of hydrogen-bond donors (Lipinski definition) is 0. The maximum atomic E-state index is 11.4. The van der Waals surface area contributed by atoms with E-state index >= 15 is 0 Å². The summed E-state index contributed by atoms with van der Waals surface area (Å²) >= 11 is 0. The minimum absolute atomic E-state index is 0.434. The van der Waals surface area contributed by atoms with Gasteiger partial charge in [0.15, 0.2) is 0 Å². The molecule has 0 radical (unpaired) electrons. The van der Waals surface area contributed by atoms with Gasteiger partial charge in [0.2, 0.25) is 0 Å². The number of pyridine rings is 1. The van der Waals surface area contributed by atoms with Crippen LogP contribution in [0.2, 0.25) is 0 Å². The van der Waals surface area contributed by atoms with E-state index in [0.29, 0.717) is 5.56 Å². The minimum Gasteiger partial charge on any atom is -0.399 e. The van der Waals surface area contributed by atoms with Crippen molar-refractivity contribution in [3.63, 3.8) is 0 Å². The Morgan fingerprint density at radius 2 is 1.81 bits per heavy atom. The average Bonchev–Trinajstić information content (AvgIpc) is 2.66. The second-order valence-electron chi connectivity index (χ2n) is 6.38. The molecule has 2 heterocycles. The van der Waals surface area contributed by atoms with Crippen LogP contribution < -0.4 is 5.46 Å². The number of carbonyl (C=O) groups is 1. The van der Waals surface area contributed by atoms with E-state index in [1.807, 2.05) is 52.0 Å². The first-order valence-electron chi connectivity index (χ1n) is 7.03. The summed E-state index contributed by atoms with van der Waals surface area (Å²) in [7, 11) is -0.554. The van der Waals surface area contributed by atoms with Crippen LogP contribution in [0.4, 0.5) is 0 Å². The third-order valence-electron chi connectivity index (χ3n) is 4.44. The molecule has 4 nitrogen and oxygen atoms in total. The van der Waals surface area contributed by atoms with E-state index in [0.717, 1.165) is 22.7 Å². The van der Waals surface area contributed by atoms with Crippen molar-refractivity contribution >= 4 is 29.8 Å². The van der Waals surface area contributed by atoms with Crippen LogP contribution in [-0.4, -0.2) is 29.6 Å². The Kier molecular flexibility index (Phi) is 3.15. The van der Waals surface area contributed by atoms with Crippen LogP contribution in [0.1, 0.15) is 38.1 Å². The van der Waals surface area contributed by atoms with Gasteiger partial charge in [-0.2, -0.15) is 0 Å². The number of carbonyl (C=O) groups excluding carboxylic acids is 1. The Hall–Kier alpha value is -1.72. The molecular formula is C16H18BNO3. The van der Waals surface area contributed by atoms with Gasteiger partial charge >= 0.3 is 7.12 Å².